The van der Waals surface area contributed by atoms with Crippen LogP contribution in [-0.4, -0.2) is 63.3 Å². The first-order valence-electron chi connectivity index (χ1n) is 11.6. The molecule has 0 unspecified atom stereocenters. The van der Waals surface area contributed by atoms with Crippen molar-refractivity contribution in [3.63, 3.8) is 0 Å². The van der Waals surface area contributed by atoms with E-state index in [-0.39, 0.29) is 24.7 Å². The van der Waals surface area contributed by atoms with Crippen LogP contribution in [0.5, 0.6) is 11.5 Å². The van der Waals surface area contributed by atoms with Crippen LogP contribution in [0.1, 0.15) is 37.8 Å². The fraction of sp³-hybridized carbons (Fsp3) is 0.440. The Kier molecular flexibility index (Phi) is 7.47. The zero-order chi connectivity index (χ0) is 24.3. The maximum Gasteiger partial charge on any atom is 0.279 e. The molecule has 34 heavy (non-hydrogen) atoms. The van der Waals surface area contributed by atoms with Gasteiger partial charge in [0.05, 0.1) is 25.9 Å². The van der Waals surface area contributed by atoms with Gasteiger partial charge in [-0.05, 0) is 50.1 Å². The Balaban J connectivity index is 1.68. The van der Waals surface area contributed by atoms with Gasteiger partial charge in [0, 0.05) is 42.7 Å². The number of aromatic amines is 1. The lowest BCUT2D eigenvalue weighted by atomic mass is 9.91. The molecule has 0 amide bonds. The quantitative estimate of drug-likeness (QED) is 0.481. The summed E-state index contributed by atoms with van der Waals surface area (Å²) in [6.45, 7) is 7.07. The molecule has 8 nitrogen and oxygen atoms in total. The molecule has 1 aromatic heterocycles. The molecule has 0 saturated carbocycles. The van der Waals surface area contributed by atoms with Gasteiger partial charge in [0.25, 0.3) is 10.2 Å². The Morgan fingerprint density at radius 1 is 1.15 bits per heavy atom. The van der Waals surface area contributed by atoms with Gasteiger partial charge < -0.3 is 19.2 Å². The second-order valence-corrected chi connectivity index (χ2v) is 10.4. The normalized spacial score (nSPS) is 20.4. The van der Waals surface area contributed by atoms with Gasteiger partial charge >= 0.3 is 0 Å². The summed E-state index contributed by atoms with van der Waals surface area (Å²) in [5.41, 5.74) is 2.93. The standard InChI is InChI=1S/C25H33N3O5S/c1-5-32-24-11-10-19(12-25(24)31-4)21(22-13-26-23-9-7-6-8-20(22)23)14-27-34(29,30)28-15-17(2)33-18(3)16-28/h6-13,17-18,21,26-27H,5,14-16H2,1-4H3/t17-,18+,21-/m1/s1. The van der Waals surface area contributed by atoms with Crippen molar-refractivity contribution in [1.29, 1.82) is 0 Å². The summed E-state index contributed by atoms with van der Waals surface area (Å²) in [5.74, 6) is 1.03. The molecule has 0 bridgehead atoms. The SMILES string of the molecule is CCOc1ccc([C@@H](CNS(=O)(=O)N2C[C@@H](C)O[C@@H](C)C2)c2c[nH]c3ccccc23)cc1OC. The molecule has 0 aliphatic carbocycles. The van der Waals surface area contributed by atoms with Gasteiger partial charge in [-0.3, -0.25) is 0 Å². The highest BCUT2D eigenvalue weighted by Gasteiger charge is 2.32. The molecule has 9 heteroatoms. The molecule has 2 N–H and O–H groups in total. The van der Waals surface area contributed by atoms with Crippen molar-refractivity contribution in [2.45, 2.75) is 38.9 Å². The highest BCUT2D eigenvalue weighted by atomic mass is 32.2. The van der Waals surface area contributed by atoms with Gasteiger partial charge in [0.15, 0.2) is 11.5 Å². The molecule has 2 aromatic carbocycles. The Morgan fingerprint density at radius 2 is 1.88 bits per heavy atom. The molecule has 1 saturated heterocycles. The predicted octanol–water partition coefficient (Wildman–Crippen LogP) is 3.65. The average molecular weight is 488 g/mol. The van der Waals surface area contributed by atoms with Crippen LogP contribution in [0.2, 0.25) is 0 Å². The van der Waals surface area contributed by atoms with Crippen LogP contribution < -0.4 is 14.2 Å². The third kappa shape index (κ3) is 5.22. The van der Waals surface area contributed by atoms with E-state index in [0.29, 0.717) is 31.2 Å². The van der Waals surface area contributed by atoms with E-state index in [9.17, 15) is 8.42 Å². The molecule has 1 fully saturated rings. The van der Waals surface area contributed by atoms with E-state index in [0.717, 1.165) is 22.0 Å². The highest BCUT2D eigenvalue weighted by Crippen LogP contribution is 2.36. The third-order valence-corrected chi connectivity index (χ3v) is 7.59. The number of ether oxygens (including phenoxy) is 3. The van der Waals surface area contributed by atoms with Crippen LogP contribution in [-0.2, 0) is 14.9 Å². The number of morpholine rings is 1. The summed E-state index contributed by atoms with van der Waals surface area (Å²) in [4.78, 5) is 3.31. The first kappa shape index (κ1) is 24.5. The molecule has 1 aliphatic heterocycles. The Bertz CT molecular complexity index is 1220. The second kappa shape index (κ2) is 10.4. The first-order valence-corrected chi connectivity index (χ1v) is 13.0. The van der Waals surface area contributed by atoms with Crippen molar-refractivity contribution in [2.75, 3.05) is 33.4 Å². The predicted molar refractivity (Wildman–Crippen MR) is 133 cm³/mol. The number of H-pyrrole nitrogens is 1. The van der Waals surface area contributed by atoms with Crippen LogP contribution >= 0.6 is 0 Å². The van der Waals surface area contributed by atoms with E-state index in [1.165, 1.54) is 4.31 Å². The van der Waals surface area contributed by atoms with E-state index in [1.54, 1.807) is 7.11 Å². The van der Waals surface area contributed by atoms with Gasteiger partial charge in [-0.25, -0.2) is 4.72 Å². The largest absolute Gasteiger partial charge is 0.493 e. The molecule has 1 aliphatic rings. The Morgan fingerprint density at radius 3 is 2.59 bits per heavy atom. The Labute approximate surface area is 201 Å². The summed E-state index contributed by atoms with van der Waals surface area (Å²) in [6, 6.07) is 13.8. The van der Waals surface area contributed by atoms with E-state index in [4.69, 9.17) is 14.2 Å². The van der Waals surface area contributed by atoms with Crippen LogP contribution in [0.25, 0.3) is 10.9 Å². The van der Waals surface area contributed by atoms with E-state index in [2.05, 4.69) is 9.71 Å². The van der Waals surface area contributed by atoms with Gasteiger partial charge in [-0.2, -0.15) is 12.7 Å². The van der Waals surface area contributed by atoms with Crippen molar-refractivity contribution < 1.29 is 22.6 Å². The van der Waals surface area contributed by atoms with E-state index in [1.807, 2.05) is 69.4 Å². The molecule has 3 atom stereocenters. The number of methoxy groups -OCH3 is 1. The number of nitrogens with one attached hydrogen (secondary N) is 2. The minimum atomic E-state index is -3.69. The third-order valence-electron chi connectivity index (χ3n) is 6.08. The molecule has 3 aromatic rings. The smallest absolute Gasteiger partial charge is 0.279 e. The summed E-state index contributed by atoms with van der Waals surface area (Å²) in [7, 11) is -2.09. The molecular weight excluding hydrogens is 454 g/mol. The Hall–Kier alpha value is -2.59. The van der Waals surface area contributed by atoms with Crippen molar-refractivity contribution >= 4 is 21.1 Å². The highest BCUT2D eigenvalue weighted by molar-refractivity contribution is 7.87. The van der Waals surface area contributed by atoms with Crippen LogP contribution in [0.3, 0.4) is 0 Å². The lowest BCUT2D eigenvalue weighted by molar-refractivity contribution is -0.0443. The molecule has 4 rings (SSSR count). The lowest BCUT2D eigenvalue weighted by Crippen LogP contribution is -2.52. The van der Waals surface area contributed by atoms with Crippen LogP contribution in [0, 0.1) is 0 Å². The number of fused-ring (bicyclic) bond motifs is 1. The number of hydrogen-bond donors (Lipinski definition) is 2. The number of hydrogen-bond acceptors (Lipinski definition) is 5. The van der Waals surface area contributed by atoms with E-state index < -0.39 is 10.2 Å². The minimum absolute atomic E-state index is 0.153. The van der Waals surface area contributed by atoms with Crippen molar-refractivity contribution in [3.8, 4) is 11.5 Å². The van der Waals surface area contributed by atoms with Crippen LogP contribution in [0.15, 0.2) is 48.7 Å². The fourth-order valence-corrected chi connectivity index (χ4v) is 5.94. The zero-order valence-corrected chi connectivity index (χ0v) is 20.9. The molecule has 0 spiro atoms. The average Bonchev–Trinajstić information content (AvgIpc) is 3.23. The molecule has 0 radical (unpaired) electrons. The van der Waals surface area contributed by atoms with Crippen molar-refractivity contribution in [2.24, 2.45) is 0 Å². The van der Waals surface area contributed by atoms with Gasteiger partial charge in [-0.1, -0.05) is 24.3 Å². The number of aromatic nitrogens is 1. The van der Waals surface area contributed by atoms with Gasteiger partial charge in [0.2, 0.25) is 0 Å². The summed E-state index contributed by atoms with van der Waals surface area (Å²) < 4.78 is 47.7. The fourth-order valence-electron chi connectivity index (χ4n) is 4.57. The van der Waals surface area contributed by atoms with Crippen LogP contribution in [0.4, 0.5) is 0 Å². The van der Waals surface area contributed by atoms with Gasteiger partial charge in [0.1, 0.15) is 0 Å². The summed E-state index contributed by atoms with van der Waals surface area (Å²) in [5, 5.41) is 1.05. The molecule has 184 valence electrons. The van der Waals surface area contributed by atoms with Crippen molar-refractivity contribution in [1.82, 2.24) is 14.0 Å². The van der Waals surface area contributed by atoms with Gasteiger partial charge in [-0.15, -0.1) is 0 Å². The maximum absolute atomic E-state index is 13.2. The number of para-hydroxylation sites is 1. The topological polar surface area (TPSA) is 92.9 Å². The molecule has 2 heterocycles. The minimum Gasteiger partial charge on any atom is -0.493 e. The maximum atomic E-state index is 13.2. The lowest BCUT2D eigenvalue weighted by Gasteiger charge is -2.34. The molecular formula is C25H33N3O5S. The summed E-state index contributed by atoms with van der Waals surface area (Å²) in [6.07, 6.45) is 1.64. The first-order chi connectivity index (χ1) is 16.3. The number of benzene rings is 2. The number of nitrogens with zero attached hydrogens (tertiary/aromatic N) is 1. The van der Waals surface area contributed by atoms with E-state index >= 15 is 0 Å². The van der Waals surface area contributed by atoms with Crippen molar-refractivity contribution in [3.05, 3.63) is 59.8 Å². The number of rotatable bonds is 9. The second-order valence-electron chi connectivity index (χ2n) is 8.61. The summed E-state index contributed by atoms with van der Waals surface area (Å²) >= 11 is 0. The monoisotopic (exact) mass is 487 g/mol. The zero-order valence-electron chi connectivity index (χ0n) is 20.1.